The SMILES string of the molecule is CCOC(=O)C(C#N)c1cc(Cl)c([N+](=O)[O-])cc1C. The molecule has 1 aromatic rings. The van der Waals surface area contributed by atoms with Gasteiger partial charge in [0, 0.05) is 6.07 Å². The second kappa shape index (κ2) is 6.16. The van der Waals surface area contributed by atoms with Gasteiger partial charge < -0.3 is 4.74 Å². The van der Waals surface area contributed by atoms with Crippen LogP contribution in [0, 0.1) is 28.4 Å². The quantitative estimate of drug-likeness (QED) is 0.481. The lowest BCUT2D eigenvalue weighted by Gasteiger charge is -2.11. The summed E-state index contributed by atoms with van der Waals surface area (Å²) in [5.41, 5.74) is 0.496. The predicted molar refractivity (Wildman–Crippen MR) is 67.8 cm³/mol. The fourth-order valence-corrected chi connectivity index (χ4v) is 1.85. The first kappa shape index (κ1) is 14.9. The Bertz CT molecular complexity index is 566. The van der Waals surface area contributed by atoms with E-state index < -0.39 is 16.8 Å². The number of nitro benzene ring substituents is 1. The maximum absolute atomic E-state index is 11.6. The van der Waals surface area contributed by atoms with Gasteiger partial charge in [0.1, 0.15) is 5.02 Å². The van der Waals surface area contributed by atoms with E-state index in [9.17, 15) is 14.9 Å². The molecule has 0 aliphatic heterocycles. The van der Waals surface area contributed by atoms with Crippen molar-refractivity contribution in [1.29, 1.82) is 5.26 Å². The molecule has 0 bridgehead atoms. The van der Waals surface area contributed by atoms with Crippen molar-refractivity contribution in [2.24, 2.45) is 0 Å². The molecule has 6 nitrogen and oxygen atoms in total. The highest BCUT2D eigenvalue weighted by Gasteiger charge is 2.26. The summed E-state index contributed by atoms with van der Waals surface area (Å²) in [5.74, 6) is -1.84. The third-order valence-corrected chi connectivity index (χ3v) is 2.80. The third kappa shape index (κ3) is 3.20. The summed E-state index contributed by atoms with van der Waals surface area (Å²) in [6, 6.07) is 4.32. The molecule has 0 aliphatic carbocycles. The molecular weight excluding hydrogens is 272 g/mol. The molecule has 1 aromatic carbocycles. The van der Waals surface area contributed by atoms with Gasteiger partial charge in [-0.1, -0.05) is 11.6 Å². The van der Waals surface area contributed by atoms with Gasteiger partial charge >= 0.3 is 5.97 Å². The third-order valence-electron chi connectivity index (χ3n) is 2.49. The van der Waals surface area contributed by atoms with Crippen LogP contribution in [0.2, 0.25) is 5.02 Å². The minimum absolute atomic E-state index is 0.116. The van der Waals surface area contributed by atoms with E-state index in [0.717, 1.165) is 0 Å². The summed E-state index contributed by atoms with van der Waals surface area (Å²) in [7, 11) is 0. The smallest absolute Gasteiger partial charge is 0.327 e. The molecule has 0 radical (unpaired) electrons. The minimum Gasteiger partial charge on any atom is -0.465 e. The van der Waals surface area contributed by atoms with Crippen molar-refractivity contribution in [3.05, 3.63) is 38.4 Å². The van der Waals surface area contributed by atoms with Crippen molar-refractivity contribution in [1.82, 2.24) is 0 Å². The maximum Gasteiger partial charge on any atom is 0.327 e. The number of esters is 1. The lowest BCUT2D eigenvalue weighted by atomic mass is 9.95. The van der Waals surface area contributed by atoms with Gasteiger partial charge in [-0.05, 0) is 31.0 Å². The van der Waals surface area contributed by atoms with Crippen LogP contribution in [0.3, 0.4) is 0 Å². The molecule has 1 unspecified atom stereocenters. The fourth-order valence-electron chi connectivity index (χ4n) is 1.61. The Hall–Kier alpha value is -2.13. The minimum atomic E-state index is -1.14. The summed E-state index contributed by atoms with van der Waals surface area (Å²) in [6.07, 6.45) is 0. The number of halogens is 1. The second-order valence-electron chi connectivity index (χ2n) is 3.73. The van der Waals surface area contributed by atoms with Gasteiger partial charge in [0.15, 0.2) is 5.92 Å². The largest absolute Gasteiger partial charge is 0.465 e. The number of carbonyl (C=O) groups is 1. The topological polar surface area (TPSA) is 93.2 Å². The average Bonchev–Trinajstić information content (AvgIpc) is 2.34. The van der Waals surface area contributed by atoms with Crippen LogP contribution in [0.5, 0.6) is 0 Å². The van der Waals surface area contributed by atoms with Crippen molar-refractivity contribution < 1.29 is 14.5 Å². The number of nitrogens with zero attached hydrogens (tertiary/aromatic N) is 2. The van der Waals surface area contributed by atoms with Gasteiger partial charge in [-0.2, -0.15) is 5.26 Å². The summed E-state index contributed by atoms with van der Waals surface area (Å²) in [5, 5.41) is 19.7. The van der Waals surface area contributed by atoms with Crippen LogP contribution in [0.25, 0.3) is 0 Å². The first-order valence-electron chi connectivity index (χ1n) is 5.43. The van der Waals surface area contributed by atoms with Crippen LogP contribution in [0.15, 0.2) is 12.1 Å². The molecule has 0 aliphatic rings. The number of nitro groups is 1. The summed E-state index contributed by atoms with van der Waals surface area (Å²) < 4.78 is 4.78. The number of hydrogen-bond acceptors (Lipinski definition) is 5. The van der Waals surface area contributed by atoms with E-state index in [1.165, 1.54) is 12.1 Å². The summed E-state index contributed by atoms with van der Waals surface area (Å²) in [4.78, 5) is 21.7. The normalized spacial score (nSPS) is 11.5. The summed E-state index contributed by atoms with van der Waals surface area (Å²) >= 11 is 5.78. The second-order valence-corrected chi connectivity index (χ2v) is 4.14. The summed E-state index contributed by atoms with van der Waals surface area (Å²) in [6.45, 7) is 3.35. The number of nitriles is 1. The monoisotopic (exact) mass is 282 g/mol. The van der Waals surface area contributed by atoms with Gasteiger partial charge in [-0.3, -0.25) is 14.9 Å². The van der Waals surface area contributed by atoms with E-state index in [4.69, 9.17) is 21.6 Å². The van der Waals surface area contributed by atoms with Crippen LogP contribution in [-0.4, -0.2) is 17.5 Å². The molecule has 0 amide bonds. The lowest BCUT2D eigenvalue weighted by molar-refractivity contribution is -0.384. The van der Waals surface area contributed by atoms with Crippen LogP contribution < -0.4 is 0 Å². The molecule has 0 aromatic heterocycles. The molecule has 1 rings (SSSR count). The Labute approximate surface area is 114 Å². The van der Waals surface area contributed by atoms with E-state index in [2.05, 4.69) is 0 Å². The fraction of sp³-hybridized carbons (Fsp3) is 0.333. The first-order chi connectivity index (χ1) is 8.92. The number of hydrogen-bond donors (Lipinski definition) is 0. The highest BCUT2D eigenvalue weighted by atomic mass is 35.5. The maximum atomic E-state index is 11.6. The molecule has 7 heteroatoms. The van der Waals surface area contributed by atoms with E-state index in [0.29, 0.717) is 11.1 Å². The zero-order valence-electron chi connectivity index (χ0n) is 10.3. The molecule has 0 N–H and O–H groups in total. The molecule has 1 atom stereocenters. The average molecular weight is 283 g/mol. The molecule has 100 valence electrons. The molecule has 0 saturated carbocycles. The van der Waals surface area contributed by atoms with Crippen LogP contribution >= 0.6 is 11.6 Å². The molecule has 0 spiro atoms. The van der Waals surface area contributed by atoms with Gasteiger partial charge in [0.05, 0.1) is 17.6 Å². The molecular formula is C12H11ClN2O4. The van der Waals surface area contributed by atoms with Gasteiger partial charge in [0.2, 0.25) is 0 Å². The van der Waals surface area contributed by atoms with E-state index in [1.807, 2.05) is 6.07 Å². The Morgan fingerprint density at radius 1 is 1.63 bits per heavy atom. The van der Waals surface area contributed by atoms with Crippen LogP contribution in [0.4, 0.5) is 5.69 Å². The lowest BCUT2D eigenvalue weighted by Crippen LogP contribution is -2.15. The zero-order chi connectivity index (χ0) is 14.6. The molecule has 0 saturated heterocycles. The predicted octanol–water partition coefficient (Wildman–Crippen LogP) is 2.73. The van der Waals surface area contributed by atoms with Crippen LogP contribution in [0.1, 0.15) is 24.0 Å². The number of benzene rings is 1. The van der Waals surface area contributed by atoms with Gasteiger partial charge in [-0.25, -0.2) is 0 Å². The van der Waals surface area contributed by atoms with Gasteiger partial charge in [-0.15, -0.1) is 0 Å². The van der Waals surface area contributed by atoms with E-state index >= 15 is 0 Å². The number of ether oxygens (including phenoxy) is 1. The van der Waals surface area contributed by atoms with E-state index in [-0.39, 0.29) is 17.3 Å². The van der Waals surface area contributed by atoms with E-state index in [1.54, 1.807) is 13.8 Å². The highest BCUT2D eigenvalue weighted by molar-refractivity contribution is 6.32. The number of rotatable bonds is 4. The zero-order valence-corrected chi connectivity index (χ0v) is 11.1. The van der Waals surface area contributed by atoms with Crippen molar-refractivity contribution >= 4 is 23.3 Å². The first-order valence-corrected chi connectivity index (χ1v) is 5.80. The molecule has 19 heavy (non-hydrogen) atoms. The number of carbonyl (C=O) groups excluding carboxylic acids is 1. The van der Waals surface area contributed by atoms with Crippen molar-refractivity contribution in [3.8, 4) is 6.07 Å². The highest BCUT2D eigenvalue weighted by Crippen LogP contribution is 2.31. The molecule has 0 heterocycles. The Morgan fingerprint density at radius 2 is 2.26 bits per heavy atom. The van der Waals surface area contributed by atoms with Gasteiger partial charge in [0.25, 0.3) is 5.69 Å². The van der Waals surface area contributed by atoms with Crippen molar-refractivity contribution in [2.45, 2.75) is 19.8 Å². The molecule has 0 fully saturated rings. The Kier molecular flexibility index (Phi) is 4.84. The standard InChI is InChI=1S/C12H11ClN2O4/c1-3-19-12(16)9(6-14)8-5-10(13)11(15(17)18)4-7(8)2/h4-5,9H,3H2,1-2H3. The van der Waals surface area contributed by atoms with Crippen molar-refractivity contribution in [3.63, 3.8) is 0 Å². The Morgan fingerprint density at radius 3 is 2.74 bits per heavy atom. The number of aryl methyl sites for hydroxylation is 1. The van der Waals surface area contributed by atoms with Crippen molar-refractivity contribution in [2.75, 3.05) is 6.61 Å². The van der Waals surface area contributed by atoms with Crippen LogP contribution in [-0.2, 0) is 9.53 Å². The Balaban J connectivity index is 3.28.